The Kier molecular flexibility index (Phi) is 4.59. The quantitative estimate of drug-likeness (QED) is 0.851. The van der Waals surface area contributed by atoms with Crippen molar-refractivity contribution in [2.45, 2.75) is 12.7 Å². The summed E-state index contributed by atoms with van der Waals surface area (Å²) in [6.07, 6.45) is -3.30. The summed E-state index contributed by atoms with van der Waals surface area (Å²) in [6, 6.07) is 6.90. The van der Waals surface area contributed by atoms with Crippen LogP contribution >= 0.6 is 0 Å². The molecule has 22 heavy (non-hydrogen) atoms. The van der Waals surface area contributed by atoms with Crippen LogP contribution in [0.3, 0.4) is 0 Å². The molecule has 0 aliphatic carbocycles. The summed E-state index contributed by atoms with van der Waals surface area (Å²) in [7, 11) is 0. The van der Waals surface area contributed by atoms with Gasteiger partial charge in [-0.2, -0.15) is 13.2 Å². The highest BCUT2D eigenvalue weighted by molar-refractivity contribution is 5.89. The molecule has 0 bridgehead atoms. The lowest BCUT2D eigenvalue weighted by atomic mass is 10.2. The Balaban J connectivity index is 2.03. The first-order valence-electron chi connectivity index (χ1n) is 6.18. The minimum Gasteiger partial charge on any atom is -0.332 e. The molecule has 0 radical (unpaired) electrons. The summed E-state index contributed by atoms with van der Waals surface area (Å²) in [5.41, 5.74) is -1.43. The summed E-state index contributed by atoms with van der Waals surface area (Å²) in [6.45, 7) is 0.0628. The number of carbonyl (C=O) groups is 1. The third-order valence-corrected chi connectivity index (χ3v) is 2.71. The van der Waals surface area contributed by atoms with E-state index in [-0.39, 0.29) is 6.54 Å². The summed E-state index contributed by atoms with van der Waals surface area (Å²) in [5.74, 6) is -1.53. The fourth-order valence-corrected chi connectivity index (χ4v) is 1.69. The number of pyridine rings is 1. The number of hydrogen-bond acceptors (Lipinski definition) is 2. The zero-order valence-electron chi connectivity index (χ0n) is 11.1. The molecule has 0 saturated heterocycles. The zero-order chi connectivity index (χ0) is 16.2. The molecule has 1 aromatic carbocycles. The average Bonchev–Trinajstić information content (AvgIpc) is 2.47. The molecule has 2 N–H and O–H groups in total. The molecule has 0 aliphatic rings. The van der Waals surface area contributed by atoms with Crippen LogP contribution < -0.4 is 10.6 Å². The van der Waals surface area contributed by atoms with E-state index in [1.807, 2.05) is 5.32 Å². The summed E-state index contributed by atoms with van der Waals surface area (Å²) in [4.78, 5) is 15.6. The van der Waals surface area contributed by atoms with Crippen LogP contribution in [0.25, 0.3) is 0 Å². The Bertz CT molecular complexity index is 659. The van der Waals surface area contributed by atoms with E-state index in [2.05, 4.69) is 10.3 Å². The van der Waals surface area contributed by atoms with Gasteiger partial charge in [0, 0.05) is 6.20 Å². The second-order valence-corrected chi connectivity index (χ2v) is 4.29. The van der Waals surface area contributed by atoms with Crippen molar-refractivity contribution >= 4 is 11.7 Å². The number of nitrogens with zero attached hydrogens (tertiary/aromatic N) is 1. The van der Waals surface area contributed by atoms with Crippen molar-refractivity contribution in [3.63, 3.8) is 0 Å². The number of amides is 2. The van der Waals surface area contributed by atoms with Gasteiger partial charge in [-0.15, -0.1) is 0 Å². The molecule has 0 atom stereocenters. The highest BCUT2D eigenvalue weighted by atomic mass is 19.4. The number of carbonyl (C=O) groups excluding carboxylic acids is 1. The van der Waals surface area contributed by atoms with Gasteiger partial charge < -0.3 is 10.6 Å². The Morgan fingerprint density at radius 2 is 1.91 bits per heavy atom. The summed E-state index contributed by atoms with van der Waals surface area (Å²) < 4.78 is 51.4. The Hall–Kier alpha value is -2.64. The Labute approximate surface area is 123 Å². The van der Waals surface area contributed by atoms with E-state index in [0.29, 0.717) is 11.8 Å². The highest BCUT2D eigenvalue weighted by Gasteiger charge is 2.35. The van der Waals surface area contributed by atoms with E-state index in [1.54, 1.807) is 18.2 Å². The van der Waals surface area contributed by atoms with Crippen LogP contribution in [0.1, 0.15) is 11.3 Å². The molecule has 0 aliphatic heterocycles. The van der Waals surface area contributed by atoms with Gasteiger partial charge in [-0.3, -0.25) is 4.98 Å². The SMILES string of the molecule is O=C(NCc1ccccn1)Nc1cccc(C(F)(F)F)c1F. The van der Waals surface area contributed by atoms with Crippen molar-refractivity contribution < 1.29 is 22.4 Å². The van der Waals surface area contributed by atoms with Gasteiger partial charge in [-0.1, -0.05) is 12.1 Å². The van der Waals surface area contributed by atoms with E-state index in [9.17, 15) is 22.4 Å². The van der Waals surface area contributed by atoms with Crippen LogP contribution in [0.15, 0.2) is 42.6 Å². The van der Waals surface area contributed by atoms with Crippen LogP contribution in [0.5, 0.6) is 0 Å². The first-order chi connectivity index (χ1) is 10.4. The maximum atomic E-state index is 13.7. The van der Waals surface area contributed by atoms with Crippen LogP contribution in [0.2, 0.25) is 0 Å². The van der Waals surface area contributed by atoms with Crippen molar-refractivity contribution in [1.82, 2.24) is 10.3 Å². The number of rotatable bonds is 3. The van der Waals surface area contributed by atoms with Gasteiger partial charge in [0.25, 0.3) is 0 Å². The molecule has 2 rings (SSSR count). The topological polar surface area (TPSA) is 54.0 Å². The second kappa shape index (κ2) is 6.42. The number of benzene rings is 1. The van der Waals surface area contributed by atoms with Crippen LogP contribution in [0, 0.1) is 5.82 Å². The lowest BCUT2D eigenvalue weighted by Crippen LogP contribution is -2.29. The largest absolute Gasteiger partial charge is 0.419 e. The number of alkyl halides is 3. The smallest absolute Gasteiger partial charge is 0.332 e. The molecule has 0 unspecified atom stereocenters. The Morgan fingerprint density at radius 3 is 2.55 bits per heavy atom. The van der Waals surface area contributed by atoms with Crippen molar-refractivity contribution in [2.75, 3.05) is 5.32 Å². The third-order valence-electron chi connectivity index (χ3n) is 2.71. The van der Waals surface area contributed by atoms with E-state index in [1.165, 1.54) is 6.20 Å². The van der Waals surface area contributed by atoms with Gasteiger partial charge in [-0.25, -0.2) is 9.18 Å². The van der Waals surface area contributed by atoms with Crippen LogP contribution in [-0.4, -0.2) is 11.0 Å². The molecule has 1 heterocycles. The minimum atomic E-state index is -4.83. The molecular weight excluding hydrogens is 302 g/mol. The molecule has 116 valence electrons. The van der Waals surface area contributed by atoms with Gasteiger partial charge in [0.15, 0.2) is 5.82 Å². The fourth-order valence-electron chi connectivity index (χ4n) is 1.69. The second-order valence-electron chi connectivity index (χ2n) is 4.29. The van der Waals surface area contributed by atoms with Gasteiger partial charge in [0.05, 0.1) is 23.5 Å². The molecule has 4 nitrogen and oxygen atoms in total. The van der Waals surface area contributed by atoms with Gasteiger partial charge in [0.2, 0.25) is 0 Å². The molecule has 0 fully saturated rings. The molecule has 1 aromatic heterocycles. The molecule has 2 amide bonds. The highest BCUT2D eigenvalue weighted by Crippen LogP contribution is 2.33. The van der Waals surface area contributed by atoms with Crippen molar-refractivity contribution in [3.8, 4) is 0 Å². The third kappa shape index (κ3) is 3.94. The van der Waals surface area contributed by atoms with Gasteiger partial charge >= 0.3 is 12.2 Å². The molecule has 0 spiro atoms. The molecular formula is C14H11F4N3O. The van der Waals surface area contributed by atoms with Gasteiger partial charge in [-0.05, 0) is 24.3 Å². The monoisotopic (exact) mass is 313 g/mol. The van der Waals surface area contributed by atoms with Crippen molar-refractivity contribution in [2.24, 2.45) is 0 Å². The average molecular weight is 313 g/mol. The lowest BCUT2D eigenvalue weighted by molar-refractivity contribution is -0.139. The number of halogens is 4. The van der Waals surface area contributed by atoms with E-state index >= 15 is 0 Å². The van der Waals surface area contributed by atoms with Crippen molar-refractivity contribution in [1.29, 1.82) is 0 Å². The first kappa shape index (κ1) is 15.7. The lowest BCUT2D eigenvalue weighted by Gasteiger charge is -2.12. The molecule has 8 heteroatoms. The maximum Gasteiger partial charge on any atom is 0.419 e. The molecule has 2 aromatic rings. The predicted octanol–water partition coefficient (Wildman–Crippen LogP) is 3.56. The summed E-state index contributed by atoms with van der Waals surface area (Å²) in [5, 5.41) is 4.41. The minimum absolute atomic E-state index is 0.0628. The number of hydrogen-bond donors (Lipinski definition) is 2. The standard InChI is InChI=1S/C14H11F4N3O/c15-12-10(14(16,17)18)5-3-6-11(12)21-13(22)20-8-9-4-1-2-7-19-9/h1-7H,8H2,(H2,20,21,22). The van der Waals surface area contributed by atoms with Crippen molar-refractivity contribution in [3.05, 3.63) is 59.7 Å². The molecule has 0 saturated carbocycles. The number of nitrogens with one attached hydrogen (secondary N) is 2. The van der Waals surface area contributed by atoms with Crippen LogP contribution in [-0.2, 0) is 12.7 Å². The maximum absolute atomic E-state index is 13.7. The van der Waals surface area contributed by atoms with Crippen LogP contribution in [0.4, 0.5) is 28.0 Å². The van der Waals surface area contributed by atoms with E-state index < -0.39 is 29.3 Å². The Morgan fingerprint density at radius 1 is 1.14 bits per heavy atom. The number of anilines is 1. The fraction of sp³-hybridized carbons (Fsp3) is 0.143. The zero-order valence-corrected chi connectivity index (χ0v) is 11.1. The normalized spacial score (nSPS) is 11.1. The predicted molar refractivity (Wildman–Crippen MR) is 71.5 cm³/mol. The number of urea groups is 1. The van der Waals surface area contributed by atoms with E-state index in [0.717, 1.165) is 12.1 Å². The summed E-state index contributed by atoms with van der Waals surface area (Å²) >= 11 is 0. The van der Waals surface area contributed by atoms with Gasteiger partial charge in [0.1, 0.15) is 0 Å². The number of aromatic nitrogens is 1. The first-order valence-corrected chi connectivity index (χ1v) is 6.18. The van der Waals surface area contributed by atoms with E-state index in [4.69, 9.17) is 0 Å².